The fourth-order valence-corrected chi connectivity index (χ4v) is 9.68. The van der Waals surface area contributed by atoms with Gasteiger partial charge in [0, 0.05) is 41.7 Å². The van der Waals surface area contributed by atoms with E-state index in [9.17, 15) is 45.9 Å². The van der Waals surface area contributed by atoms with Gasteiger partial charge in [0.25, 0.3) is 5.91 Å². The third kappa shape index (κ3) is 7.97. The average molecular weight is 825 g/mol. The number of nitrogens with one attached hydrogen (secondary N) is 2. The van der Waals surface area contributed by atoms with Crippen molar-refractivity contribution < 1.29 is 50.6 Å². The number of amides is 4. The lowest BCUT2D eigenvalue weighted by Gasteiger charge is -2.45. The van der Waals surface area contributed by atoms with Gasteiger partial charge in [0.05, 0.1) is 11.3 Å². The maximum Gasteiger partial charge on any atom is 0.411 e. The van der Waals surface area contributed by atoms with Crippen molar-refractivity contribution in [1.29, 1.82) is 0 Å². The molecule has 2 aromatic heterocycles. The number of pyridine rings is 1. The number of alkyl halides is 3. The zero-order valence-corrected chi connectivity index (χ0v) is 33.3. The number of rotatable bonds is 8. The lowest BCUT2D eigenvalue weighted by molar-refractivity contribution is -0.222. The number of carbonyl (C=O) groups excluding carboxylic acids is 3. The van der Waals surface area contributed by atoms with Crippen molar-refractivity contribution >= 4 is 45.2 Å². The van der Waals surface area contributed by atoms with Gasteiger partial charge in [-0.3, -0.25) is 24.0 Å². The minimum Gasteiger partial charge on any atom is -0.472 e. The summed E-state index contributed by atoms with van der Waals surface area (Å²) in [7, 11) is -4.11. The van der Waals surface area contributed by atoms with Gasteiger partial charge in [0.15, 0.2) is 0 Å². The van der Waals surface area contributed by atoms with E-state index >= 15 is 0 Å². The van der Waals surface area contributed by atoms with Gasteiger partial charge in [-0.25, -0.2) is 23.2 Å². The number of aromatic nitrogens is 2. The van der Waals surface area contributed by atoms with Crippen LogP contribution >= 0.6 is 11.3 Å². The topological polar surface area (TPSA) is 188 Å². The van der Waals surface area contributed by atoms with Crippen molar-refractivity contribution in [3.63, 3.8) is 0 Å². The largest absolute Gasteiger partial charge is 0.472 e. The highest BCUT2D eigenvalue weighted by molar-refractivity contribution is 7.91. The van der Waals surface area contributed by atoms with E-state index in [0.29, 0.717) is 50.1 Å². The first-order chi connectivity index (χ1) is 26.1. The number of sulfonamides is 1. The standard InChI is InChI=1S/C37H47F3N6O8S2/c1-21-8-6-7-9-24-19-36(24,32(49)44-56(52,53)35(5)11-12-35)43-29(47)26-18-25(54-27-17-23(10-13-41-27)30-42-14-15-55-30)20-45(26)31(48)28(22(2)16-21)46(33(50)51)34(3,4)37(38,39)40/h7,9-10,13-15,17,21-22,24-26,28H,6,8,11-12,16,18-20H2,1-5H3,(H,43,47)(H,44,49)(H,50,51)/b9-7-/t21-,22+,24+,25+,26-,28-,36+/m0/s1. The molecule has 0 spiro atoms. The van der Waals surface area contributed by atoms with Crippen molar-refractivity contribution in [3.05, 3.63) is 42.1 Å². The Hall–Kier alpha value is -4.26. The molecule has 4 amide bonds. The molecule has 4 heterocycles. The molecule has 2 aliphatic carbocycles. The fraction of sp³-hybridized carbons (Fsp3) is 0.622. The molecule has 3 fully saturated rings. The van der Waals surface area contributed by atoms with Crippen molar-refractivity contribution in [2.24, 2.45) is 17.8 Å². The van der Waals surface area contributed by atoms with E-state index < -0.39 is 85.9 Å². The second-order valence-corrected chi connectivity index (χ2v) is 19.4. The Morgan fingerprint density at radius 1 is 1.14 bits per heavy atom. The van der Waals surface area contributed by atoms with Crippen LogP contribution in [0.3, 0.4) is 0 Å². The first kappa shape index (κ1) is 41.4. The molecule has 0 bridgehead atoms. The number of hydrogen-bond acceptors (Lipinski definition) is 10. The minimum absolute atomic E-state index is 0.0587. The summed E-state index contributed by atoms with van der Waals surface area (Å²) in [5, 5.41) is 15.6. The zero-order chi connectivity index (χ0) is 41.0. The Morgan fingerprint density at radius 2 is 1.86 bits per heavy atom. The summed E-state index contributed by atoms with van der Waals surface area (Å²) in [6.45, 7) is 5.94. The average Bonchev–Trinajstić information content (AvgIpc) is 3.85. The molecule has 7 atom stereocenters. The molecule has 6 rings (SSSR count). The number of halogens is 3. The van der Waals surface area contributed by atoms with Gasteiger partial charge < -0.3 is 20.1 Å². The van der Waals surface area contributed by atoms with Crippen LogP contribution in [-0.2, 0) is 24.4 Å². The number of nitrogens with zero attached hydrogens (tertiary/aromatic N) is 4. The molecule has 0 unspecified atom stereocenters. The summed E-state index contributed by atoms with van der Waals surface area (Å²) in [5.41, 5.74) is -4.05. The smallest absolute Gasteiger partial charge is 0.411 e. The SMILES string of the molecule is C[C@H]1CC/C=C\[C@@H]2C[C@@]2(C(=O)NS(=O)(=O)C2(C)CC2)NC(=O)[C@@H]2C[C@@H](Oc3cc(-c4nccs4)ccn3)CN2C(=O)[C@@H](N(C(=O)O)C(C)(C)C(F)(F)F)[C@H](C)C1. The number of hydrogen-bond donors (Lipinski definition) is 3. The van der Waals surface area contributed by atoms with Crippen LogP contribution in [0.2, 0.25) is 0 Å². The van der Waals surface area contributed by atoms with Crippen molar-refractivity contribution in [3.8, 4) is 16.5 Å². The van der Waals surface area contributed by atoms with Crippen molar-refractivity contribution in [2.75, 3.05) is 6.54 Å². The zero-order valence-electron chi connectivity index (χ0n) is 31.7. The number of carboxylic acid groups (broad SMARTS) is 1. The summed E-state index contributed by atoms with van der Waals surface area (Å²) in [4.78, 5) is 65.8. The summed E-state index contributed by atoms with van der Waals surface area (Å²) >= 11 is 1.38. The number of fused-ring (bicyclic) bond motifs is 2. The van der Waals surface area contributed by atoms with Gasteiger partial charge >= 0.3 is 12.3 Å². The second-order valence-electron chi connectivity index (χ2n) is 16.3. The predicted octanol–water partition coefficient (Wildman–Crippen LogP) is 5.13. The van der Waals surface area contributed by atoms with Gasteiger partial charge in [-0.05, 0) is 77.2 Å². The van der Waals surface area contributed by atoms with E-state index in [2.05, 4.69) is 20.0 Å². The molecule has 4 aliphatic rings. The molecule has 2 aromatic rings. The lowest BCUT2D eigenvalue weighted by Crippen LogP contribution is -2.66. The molecule has 1 saturated heterocycles. The predicted molar refractivity (Wildman–Crippen MR) is 199 cm³/mol. The Kier molecular flexibility index (Phi) is 11.0. The number of thiazole rings is 1. The molecular weight excluding hydrogens is 778 g/mol. The van der Waals surface area contributed by atoms with Gasteiger partial charge in [-0.15, -0.1) is 11.3 Å². The summed E-state index contributed by atoms with van der Waals surface area (Å²) in [6.07, 6.45) is 0.375. The molecule has 0 aromatic carbocycles. The van der Waals surface area contributed by atoms with Crippen LogP contribution < -0.4 is 14.8 Å². The lowest BCUT2D eigenvalue weighted by atomic mass is 9.85. The Balaban J connectivity index is 1.40. The molecular formula is C37H47F3N6O8S2. The Morgan fingerprint density at radius 3 is 2.48 bits per heavy atom. The van der Waals surface area contributed by atoms with E-state index in [4.69, 9.17) is 4.74 Å². The quantitative estimate of drug-likeness (QED) is 0.301. The van der Waals surface area contributed by atoms with E-state index in [1.54, 1.807) is 35.9 Å². The molecule has 306 valence electrons. The van der Waals surface area contributed by atoms with Crippen LogP contribution in [0.1, 0.15) is 79.6 Å². The Bertz CT molecular complexity index is 1990. The normalized spacial score (nSPS) is 30.1. The summed E-state index contributed by atoms with van der Waals surface area (Å²) in [6, 6.07) is -0.0130. The molecule has 14 nitrogen and oxygen atoms in total. The van der Waals surface area contributed by atoms with E-state index in [-0.39, 0.29) is 42.5 Å². The third-order valence-electron chi connectivity index (χ3n) is 11.7. The van der Waals surface area contributed by atoms with E-state index in [1.165, 1.54) is 31.4 Å². The third-order valence-corrected chi connectivity index (χ3v) is 14.7. The maximum absolute atomic E-state index is 14.9. The van der Waals surface area contributed by atoms with Crippen molar-refractivity contribution in [1.82, 2.24) is 29.8 Å². The highest BCUT2D eigenvalue weighted by atomic mass is 32.2. The minimum atomic E-state index is -5.08. The van der Waals surface area contributed by atoms with E-state index in [1.807, 2.05) is 6.92 Å². The summed E-state index contributed by atoms with van der Waals surface area (Å²) in [5.74, 6) is -4.45. The Labute approximate surface area is 327 Å². The highest BCUT2D eigenvalue weighted by Crippen LogP contribution is 2.48. The van der Waals surface area contributed by atoms with Crippen molar-refractivity contribution in [2.45, 2.75) is 120 Å². The van der Waals surface area contributed by atoms with Crippen LogP contribution in [0.25, 0.3) is 10.6 Å². The number of carbonyl (C=O) groups is 4. The summed E-state index contributed by atoms with van der Waals surface area (Å²) < 4.78 is 77.4. The van der Waals surface area contributed by atoms with Gasteiger partial charge in [-0.2, -0.15) is 13.2 Å². The molecule has 0 radical (unpaired) electrons. The molecule has 56 heavy (non-hydrogen) atoms. The van der Waals surface area contributed by atoms with E-state index in [0.717, 1.165) is 4.90 Å². The monoisotopic (exact) mass is 824 g/mol. The van der Waals surface area contributed by atoms with Gasteiger partial charge in [0.2, 0.25) is 27.7 Å². The first-order valence-electron chi connectivity index (χ1n) is 18.6. The van der Waals surface area contributed by atoms with Crippen LogP contribution in [0.5, 0.6) is 5.88 Å². The van der Waals surface area contributed by atoms with Crippen LogP contribution in [0.15, 0.2) is 42.1 Å². The van der Waals surface area contributed by atoms with Crippen LogP contribution in [0, 0.1) is 17.8 Å². The maximum atomic E-state index is 14.9. The number of allylic oxidation sites excluding steroid dienone is 1. The van der Waals surface area contributed by atoms with Crippen LogP contribution in [-0.4, -0.2) is 104 Å². The molecule has 19 heteroatoms. The van der Waals surface area contributed by atoms with Crippen LogP contribution in [0.4, 0.5) is 18.0 Å². The number of ether oxygens (including phenoxy) is 1. The molecule has 2 saturated carbocycles. The molecule has 2 aliphatic heterocycles. The second kappa shape index (κ2) is 14.9. The first-order valence-corrected chi connectivity index (χ1v) is 20.9. The van der Waals surface area contributed by atoms with Gasteiger partial charge in [-0.1, -0.05) is 26.0 Å². The fourth-order valence-electron chi connectivity index (χ4n) is 7.73. The molecule has 3 N–H and O–H groups in total. The highest BCUT2D eigenvalue weighted by Gasteiger charge is 2.64. The van der Waals surface area contributed by atoms with Gasteiger partial charge in [0.1, 0.15) is 34.3 Å².